The van der Waals surface area contributed by atoms with E-state index in [1.54, 1.807) is 0 Å². The monoisotopic (exact) mass is 406 g/mol. The summed E-state index contributed by atoms with van der Waals surface area (Å²) in [7, 11) is 0. The molecule has 0 atom stereocenters. The van der Waals surface area contributed by atoms with Gasteiger partial charge in [0.05, 0.1) is 17.5 Å². The number of amides is 1. The minimum Gasteiger partial charge on any atom is -0.454 e. The lowest BCUT2D eigenvalue weighted by Gasteiger charge is -2.31. The molecule has 0 bridgehead atoms. The molecule has 0 aromatic heterocycles. The Hall–Kier alpha value is -3.20. The van der Waals surface area contributed by atoms with Crippen molar-refractivity contribution in [3.8, 4) is 11.5 Å². The highest BCUT2D eigenvalue weighted by molar-refractivity contribution is 5.97. The average Bonchev–Trinajstić information content (AvgIpc) is 3.09. The van der Waals surface area contributed by atoms with Crippen LogP contribution in [-0.4, -0.2) is 30.7 Å². The van der Waals surface area contributed by atoms with Gasteiger partial charge in [0.15, 0.2) is 11.5 Å². The maximum atomic E-state index is 12.6. The first kappa shape index (κ1) is 19.6. The Labute approximate surface area is 167 Å². The fourth-order valence-electron chi connectivity index (χ4n) is 3.44. The zero-order valence-corrected chi connectivity index (χ0v) is 15.7. The molecule has 0 saturated heterocycles. The normalized spacial score (nSPS) is 14.1. The molecule has 0 fully saturated rings. The molecule has 0 saturated carbocycles. The maximum Gasteiger partial charge on any atom is 0.296 e. The molecule has 2 heterocycles. The van der Waals surface area contributed by atoms with Gasteiger partial charge in [-0.3, -0.25) is 14.9 Å². The van der Waals surface area contributed by atoms with Crippen molar-refractivity contribution >= 4 is 41.1 Å². The molecular weight excluding hydrogens is 388 g/mol. The quantitative estimate of drug-likeness (QED) is 0.455. The van der Waals surface area contributed by atoms with Crippen LogP contribution in [0.3, 0.4) is 0 Å². The number of nitrogen functional groups attached to an aromatic ring is 1. The van der Waals surface area contributed by atoms with E-state index >= 15 is 0 Å². The minimum absolute atomic E-state index is 0. The second kappa shape index (κ2) is 7.81. The summed E-state index contributed by atoms with van der Waals surface area (Å²) < 4.78 is 10.4. The van der Waals surface area contributed by atoms with Gasteiger partial charge in [-0.2, -0.15) is 0 Å². The Kier molecular flexibility index (Phi) is 5.46. The van der Waals surface area contributed by atoms with E-state index in [4.69, 9.17) is 15.2 Å². The number of halogens is 1. The van der Waals surface area contributed by atoms with E-state index < -0.39 is 4.92 Å². The van der Waals surface area contributed by atoms with Crippen LogP contribution in [0.1, 0.15) is 12.0 Å². The summed E-state index contributed by atoms with van der Waals surface area (Å²) in [5, 5.41) is 14.0. The lowest BCUT2D eigenvalue weighted by atomic mass is 10.00. The third kappa shape index (κ3) is 3.61. The molecular formula is C18H19ClN4O5. The summed E-state index contributed by atoms with van der Waals surface area (Å²) in [6.07, 6.45) is 1.76. The number of ether oxygens (including phenoxy) is 2. The Morgan fingerprint density at radius 2 is 2.04 bits per heavy atom. The van der Waals surface area contributed by atoms with Gasteiger partial charge in [0.25, 0.3) is 5.69 Å². The Balaban J connectivity index is 0.00000225. The minimum atomic E-state index is -0.561. The molecule has 1 amide bonds. The number of nitrogens with two attached hydrogens (primary N) is 1. The first-order valence-corrected chi connectivity index (χ1v) is 8.53. The zero-order valence-electron chi connectivity index (χ0n) is 14.8. The molecule has 2 aliphatic rings. The number of rotatable bonds is 4. The second-order valence-electron chi connectivity index (χ2n) is 6.40. The van der Waals surface area contributed by atoms with Crippen molar-refractivity contribution in [1.82, 2.24) is 0 Å². The summed E-state index contributed by atoms with van der Waals surface area (Å²) in [5.74, 6) is 0.305. The van der Waals surface area contributed by atoms with Crippen LogP contribution in [0, 0.1) is 10.1 Å². The van der Waals surface area contributed by atoms with Crippen LogP contribution in [0.15, 0.2) is 30.3 Å². The van der Waals surface area contributed by atoms with Gasteiger partial charge in [-0.25, -0.2) is 0 Å². The smallest absolute Gasteiger partial charge is 0.296 e. The number of benzene rings is 2. The number of fused-ring (bicyclic) bond motifs is 2. The van der Waals surface area contributed by atoms with Crippen LogP contribution >= 0.6 is 12.4 Å². The molecule has 28 heavy (non-hydrogen) atoms. The molecule has 0 spiro atoms. The van der Waals surface area contributed by atoms with Gasteiger partial charge in [0.2, 0.25) is 12.7 Å². The van der Waals surface area contributed by atoms with Gasteiger partial charge in [-0.05, 0) is 30.5 Å². The number of carbonyl (C=O) groups excluding carboxylic acids is 1. The van der Waals surface area contributed by atoms with E-state index in [1.807, 2.05) is 23.1 Å². The first-order valence-electron chi connectivity index (χ1n) is 8.53. The number of hydrogen-bond acceptors (Lipinski definition) is 7. The van der Waals surface area contributed by atoms with E-state index in [1.165, 1.54) is 12.1 Å². The number of hydrogen-bond donors (Lipinski definition) is 2. The largest absolute Gasteiger partial charge is 0.454 e. The van der Waals surface area contributed by atoms with Crippen molar-refractivity contribution < 1.29 is 19.2 Å². The molecule has 0 radical (unpaired) electrons. The summed E-state index contributed by atoms with van der Waals surface area (Å²) in [6, 6.07) is 8.31. The Bertz CT molecular complexity index is 936. The van der Waals surface area contributed by atoms with Crippen LogP contribution in [0.25, 0.3) is 0 Å². The number of nitro benzene ring substituents is 1. The molecule has 0 aliphatic carbocycles. The molecule has 2 aromatic carbocycles. The van der Waals surface area contributed by atoms with E-state index in [0.29, 0.717) is 23.7 Å². The third-order valence-electron chi connectivity index (χ3n) is 4.68. The lowest BCUT2D eigenvalue weighted by molar-refractivity contribution is -0.384. The van der Waals surface area contributed by atoms with Crippen molar-refractivity contribution in [2.45, 2.75) is 12.8 Å². The predicted octanol–water partition coefficient (Wildman–Crippen LogP) is 2.72. The Morgan fingerprint density at radius 3 is 2.79 bits per heavy atom. The van der Waals surface area contributed by atoms with Gasteiger partial charge >= 0.3 is 0 Å². The number of carbonyl (C=O) groups is 1. The maximum absolute atomic E-state index is 12.6. The molecule has 0 unspecified atom stereocenters. The van der Waals surface area contributed by atoms with E-state index in [-0.39, 0.29) is 43.0 Å². The van der Waals surface area contributed by atoms with Gasteiger partial charge in [-0.1, -0.05) is 6.07 Å². The van der Waals surface area contributed by atoms with Crippen LogP contribution in [0.2, 0.25) is 0 Å². The summed E-state index contributed by atoms with van der Waals surface area (Å²) in [6.45, 7) is 0.783. The van der Waals surface area contributed by atoms with Crippen molar-refractivity contribution in [3.63, 3.8) is 0 Å². The van der Waals surface area contributed by atoms with Crippen molar-refractivity contribution in [2.75, 3.05) is 35.8 Å². The highest BCUT2D eigenvalue weighted by Crippen LogP contribution is 2.40. The number of nitro groups is 1. The zero-order chi connectivity index (χ0) is 19.0. The van der Waals surface area contributed by atoms with Crippen LogP contribution < -0.4 is 25.4 Å². The van der Waals surface area contributed by atoms with E-state index in [2.05, 4.69) is 5.32 Å². The van der Waals surface area contributed by atoms with Crippen molar-refractivity contribution in [3.05, 3.63) is 46.0 Å². The number of nitrogens with one attached hydrogen (secondary N) is 1. The highest BCUT2D eigenvalue weighted by Gasteiger charge is 2.26. The third-order valence-corrected chi connectivity index (χ3v) is 4.68. The van der Waals surface area contributed by atoms with Gasteiger partial charge in [-0.15, -0.1) is 12.4 Å². The Morgan fingerprint density at radius 1 is 1.29 bits per heavy atom. The van der Waals surface area contributed by atoms with Gasteiger partial charge in [0.1, 0.15) is 5.69 Å². The van der Waals surface area contributed by atoms with Crippen LogP contribution in [0.4, 0.5) is 22.7 Å². The van der Waals surface area contributed by atoms with E-state index in [9.17, 15) is 14.9 Å². The van der Waals surface area contributed by atoms with Gasteiger partial charge in [0, 0.05) is 24.0 Å². The van der Waals surface area contributed by atoms with Crippen molar-refractivity contribution in [2.24, 2.45) is 0 Å². The highest BCUT2D eigenvalue weighted by atomic mass is 35.5. The molecule has 3 N–H and O–H groups in total. The van der Waals surface area contributed by atoms with Crippen molar-refractivity contribution in [1.29, 1.82) is 0 Å². The topological polar surface area (TPSA) is 120 Å². The average molecular weight is 407 g/mol. The number of nitrogens with zero attached hydrogens (tertiary/aromatic N) is 2. The molecule has 10 heteroatoms. The summed E-state index contributed by atoms with van der Waals surface area (Å²) in [4.78, 5) is 25.3. The van der Waals surface area contributed by atoms with Gasteiger partial charge < -0.3 is 25.4 Å². The standard InChI is InChI=1S/C18H18N4O5.ClH/c19-12-4-1-5-14-11(12)3-2-6-21(14)9-18(23)20-13-7-16-17(27-10-26-16)8-15(13)22(24)25;/h1,4-5,7-8H,2-3,6,9-10,19H2,(H,20,23);1H. The lowest BCUT2D eigenvalue weighted by Crippen LogP contribution is -2.37. The SMILES string of the molecule is Cl.Nc1cccc2c1CCCN2CC(=O)Nc1cc2c(cc1[N+](=O)[O-])OCO2. The second-order valence-corrected chi connectivity index (χ2v) is 6.40. The molecule has 9 nitrogen and oxygen atoms in total. The molecule has 2 aromatic rings. The first-order chi connectivity index (χ1) is 13.0. The van der Waals surface area contributed by atoms with E-state index in [0.717, 1.165) is 24.1 Å². The van der Waals surface area contributed by atoms with Crippen LogP contribution in [0.5, 0.6) is 11.5 Å². The summed E-state index contributed by atoms with van der Waals surface area (Å²) in [5.41, 5.74) is 8.55. The van der Waals surface area contributed by atoms with Crippen LogP contribution in [-0.2, 0) is 11.2 Å². The predicted molar refractivity (Wildman–Crippen MR) is 106 cm³/mol. The number of anilines is 3. The molecule has 148 valence electrons. The molecule has 4 rings (SSSR count). The fraction of sp³-hybridized carbons (Fsp3) is 0.278. The molecule has 2 aliphatic heterocycles. The summed E-state index contributed by atoms with van der Waals surface area (Å²) >= 11 is 0. The fourth-order valence-corrected chi connectivity index (χ4v) is 3.44.